The molecule has 0 bridgehead atoms. The van der Waals surface area contributed by atoms with E-state index in [1.807, 2.05) is 0 Å². The summed E-state index contributed by atoms with van der Waals surface area (Å²) in [6.45, 7) is 7.62. The monoisotopic (exact) mass is 274 g/mol. The van der Waals surface area contributed by atoms with E-state index in [-0.39, 0.29) is 6.04 Å². The van der Waals surface area contributed by atoms with E-state index >= 15 is 0 Å². The molecule has 4 nitrogen and oxygen atoms in total. The Hall–Kier alpha value is -0.130. The lowest BCUT2D eigenvalue weighted by Crippen LogP contribution is -2.45. The minimum atomic E-state index is -2.76. The molecular weight excluding hydrogens is 248 g/mol. The van der Waals surface area contributed by atoms with Crippen LogP contribution < -0.4 is 5.32 Å². The van der Waals surface area contributed by atoms with E-state index in [0.29, 0.717) is 23.5 Å². The zero-order chi connectivity index (χ0) is 13.2. The number of hydrogen-bond acceptors (Lipinski definition) is 4. The lowest BCUT2D eigenvalue weighted by Gasteiger charge is -2.31. The lowest BCUT2D eigenvalue weighted by molar-refractivity contribution is 0.190. The molecule has 0 radical (unpaired) electrons. The van der Waals surface area contributed by atoms with Gasteiger partial charge < -0.3 is 5.32 Å². The molecule has 106 valence electrons. The van der Waals surface area contributed by atoms with Gasteiger partial charge in [0.15, 0.2) is 9.84 Å². The van der Waals surface area contributed by atoms with Gasteiger partial charge in [-0.3, -0.25) is 4.90 Å². The minimum Gasteiger partial charge on any atom is -0.312 e. The third-order valence-corrected chi connectivity index (χ3v) is 6.27. The van der Waals surface area contributed by atoms with Gasteiger partial charge in [-0.2, -0.15) is 0 Å². The number of nitrogens with zero attached hydrogens (tertiary/aromatic N) is 1. The Balaban J connectivity index is 1.99. The highest BCUT2D eigenvalue weighted by molar-refractivity contribution is 7.91. The van der Waals surface area contributed by atoms with Crippen LogP contribution in [0.4, 0.5) is 0 Å². The van der Waals surface area contributed by atoms with Crippen molar-refractivity contribution >= 4 is 9.84 Å². The fraction of sp³-hybridized carbons (Fsp3) is 1.00. The summed E-state index contributed by atoms with van der Waals surface area (Å²) in [6.07, 6.45) is 3.13. The van der Waals surface area contributed by atoms with Gasteiger partial charge >= 0.3 is 0 Å². The van der Waals surface area contributed by atoms with E-state index in [1.165, 1.54) is 6.42 Å². The Kier molecular flexibility index (Phi) is 4.67. The molecule has 2 saturated heterocycles. The van der Waals surface area contributed by atoms with Crippen molar-refractivity contribution in [3.05, 3.63) is 0 Å². The Labute approximate surface area is 111 Å². The van der Waals surface area contributed by atoms with Crippen molar-refractivity contribution in [3.63, 3.8) is 0 Å². The molecule has 18 heavy (non-hydrogen) atoms. The van der Waals surface area contributed by atoms with E-state index in [4.69, 9.17) is 0 Å². The van der Waals surface area contributed by atoms with E-state index in [2.05, 4.69) is 24.1 Å². The molecule has 0 aliphatic carbocycles. The molecular formula is C13H26N2O2S. The van der Waals surface area contributed by atoms with Crippen molar-refractivity contribution < 1.29 is 8.42 Å². The summed E-state index contributed by atoms with van der Waals surface area (Å²) in [5, 5.41) is 3.62. The molecule has 1 N–H and O–H groups in total. The molecule has 2 aliphatic rings. The number of rotatable bonds is 3. The van der Waals surface area contributed by atoms with E-state index in [9.17, 15) is 8.42 Å². The van der Waals surface area contributed by atoms with Gasteiger partial charge in [-0.1, -0.05) is 20.3 Å². The van der Waals surface area contributed by atoms with Crippen LogP contribution in [0.2, 0.25) is 0 Å². The van der Waals surface area contributed by atoms with Gasteiger partial charge in [-0.25, -0.2) is 8.42 Å². The molecule has 5 heteroatoms. The predicted molar refractivity (Wildman–Crippen MR) is 74.5 cm³/mol. The van der Waals surface area contributed by atoms with Gasteiger partial charge in [0.25, 0.3) is 0 Å². The highest BCUT2D eigenvalue weighted by atomic mass is 32.2. The summed E-state index contributed by atoms with van der Waals surface area (Å²) in [5.41, 5.74) is 0. The number of nitrogens with one attached hydrogen (secondary N) is 1. The molecule has 2 fully saturated rings. The fourth-order valence-electron chi connectivity index (χ4n) is 3.04. The van der Waals surface area contributed by atoms with Crippen LogP contribution in [0.25, 0.3) is 0 Å². The number of hydrogen-bond donors (Lipinski definition) is 1. The van der Waals surface area contributed by atoms with Crippen LogP contribution in [0, 0.1) is 5.92 Å². The predicted octanol–water partition coefficient (Wildman–Crippen LogP) is 0.884. The summed E-state index contributed by atoms with van der Waals surface area (Å²) in [5.74, 6) is 1.42. The molecule has 0 saturated carbocycles. The Morgan fingerprint density at radius 3 is 2.83 bits per heavy atom. The molecule has 2 aliphatic heterocycles. The zero-order valence-corrected chi connectivity index (χ0v) is 12.4. The molecule has 0 aromatic carbocycles. The van der Waals surface area contributed by atoms with Crippen molar-refractivity contribution in [1.29, 1.82) is 0 Å². The Morgan fingerprint density at radius 2 is 2.22 bits per heavy atom. The van der Waals surface area contributed by atoms with Crippen LogP contribution in [0.15, 0.2) is 0 Å². The van der Waals surface area contributed by atoms with Crippen LogP contribution in [0.1, 0.15) is 33.1 Å². The molecule has 2 rings (SSSR count). The molecule has 3 unspecified atom stereocenters. The highest BCUT2D eigenvalue weighted by Gasteiger charge is 2.34. The second-order valence-electron chi connectivity index (χ2n) is 5.85. The molecule has 3 atom stereocenters. The second-order valence-corrected chi connectivity index (χ2v) is 8.08. The first-order valence-electron chi connectivity index (χ1n) is 7.19. The molecule has 0 aromatic heterocycles. The largest absolute Gasteiger partial charge is 0.312 e. The van der Waals surface area contributed by atoms with Gasteiger partial charge in [0.2, 0.25) is 0 Å². The molecule has 2 heterocycles. The SMILES string of the molecule is CCC(C)C1CN(C2CCS(=O)(=O)C2)CCCN1. The third kappa shape index (κ3) is 3.45. The van der Waals surface area contributed by atoms with Gasteiger partial charge in [0, 0.05) is 18.6 Å². The second kappa shape index (κ2) is 5.88. The smallest absolute Gasteiger partial charge is 0.151 e. The first-order chi connectivity index (χ1) is 8.52. The van der Waals surface area contributed by atoms with Crippen molar-refractivity contribution in [3.8, 4) is 0 Å². The zero-order valence-electron chi connectivity index (χ0n) is 11.6. The van der Waals surface area contributed by atoms with Gasteiger partial charge in [-0.05, 0) is 31.8 Å². The van der Waals surface area contributed by atoms with E-state index in [0.717, 1.165) is 32.5 Å². The van der Waals surface area contributed by atoms with E-state index < -0.39 is 9.84 Å². The van der Waals surface area contributed by atoms with E-state index in [1.54, 1.807) is 0 Å². The average Bonchev–Trinajstić information content (AvgIpc) is 2.56. The van der Waals surface area contributed by atoms with Crippen LogP contribution in [0.3, 0.4) is 0 Å². The van der Waals surface area contributed by atoms with Crippen molar-refractivity contribution in [2.75, 3.05) is 31.1 Å². The maximum atomic E-state index is 11.6. The van der Waals surface area contributed by atoms with Crippen LogP contribution in [-0.4, -0.2) is 56.5 Å². The first kappa shape index (κ1) is 14.3. The average molecular weight is 274 g/mol. The Morgan fingerprint density at radius 1 is 1.44 bits per heavy atom. The maximum absolute atomic E-state index is 11.6. The fourth-order valence-corrected chi connectivity index (χ4v) is 4.80. The summed E-state index contributed by atoms with van der Waals surface area (Å²) in [7, 11) is -2.76. The maximum Gasteiger partial charge on any atom is 0.151 e. The summed E-state index contributed by atoms with van der Waals surface area (Å²) < 4.78 is 23.2. The summed E-state index contributed by atoms with van der Waals surface area (Å²) >= 11 is 0. The quantitative estimate of drug-likeness (QED) is 0.830. The van der Waals surface area contributed by atoms with Crippen LogP contribution in [0.5, 0.6) is 0 Å². The van der Waals surface area contributed by atoms with Gasteiger partial charge in [-0.15, -0.1) is 0 Å². The molecule has 0 spiro atoms. The Bertz CT molecular complexity index is 369. The minimum absolute atomic E-state index is 0.265. The third-order valence-electron chi connectivity index (χ3n) is 4.52. The van der Waals surface area contributed by atoms with Crippen molar-refractivity contribution in [1.82, 2.24) is 10.2 Å². The highest BCUT2D eigenvalue weighted by Crippen LogP contribution is 2.21. The molecule has 0 aromatic rings. The normalized spacial score (nSPS) is 35.2. The van der Waals surface area contributed by atoms with Crippen LogP contribution >= 0.6 is 0 Å². The summed E-state index contributed by atoms with van der Waals surface area (Å²) in [6, 6.07) is 0.780. The standard InChI is InChI=1S/C13H26N2O2S/c1-3-11(2)13-9-15(7-4-6-14-13)12-5-8-18(16,17)10-12/h11-14H,3-10H2,1-2H3. The van der Waals surface area contributed by atoms with Gasteiger partial charge in [0.05, 0.1) is 11.5 Å². The first-order valence-corrected chi connectivity index (χ1v) is 9.02. The van der Waals surface area contributed by atoms with Crippen molar-refractivity contribution in [2.45, 2.75) is 45.2 Å². The molecule has 0 amide bonds. The number of sulfone groups is 1. The topological polar surface area (TPSA) is 49.4 Å². The summed E-state index contributed by atoms with van der Waals surface area (Å²) in [4.78, 5) is 2.42. The van der Waals surface area contributed by atoms with Crippen LogP contribution in [-0.2, 0) is 9.84 Å². The van der Waals surface area contributed by atoms with Crippen molar-refractivity contribution in [2.24, 2.45) is 5.92 Å². The lowest BCUT2D eigenvalue weighted by atomic mass is 9.98. The van der Waals surface area contributed by atoms with Gasteiger partial charge in [0.1, 0.15) is 0 Å².